The molecule has 0 saturated heterocycles. The van der Waals surface area contributed by atoms with Crippen molar-refractivity contribution >= 4 is 11.7 Å². The van der Waals surface area contributed by atoms with E-state index in [1.165, 1.54) is 5.57 Å². The summed E-state index contributed by atoms with van der Waals surface area (Å²) in [6.45, 7) is 9.58. The zero-order valence-electron chi connectivity index (χ0n) is 15.8. The van der Waals surface area contributed by atoms with Crippen LogP contribution in [0, 0.1) is 5.41 Å². The molecule has 1 aliphatic heterocycles. The van der Waals surface area contributed by atoms with Gasteiger partial charge in [0.25, 0.3) is 0 Å². The minimum absolute atomic E-state index is 0.134. The van der Waals surface area contributed by atoms with E-state index in [9.17, 15) is 9.90 Å². The molecule has 1 aliphatic rings. The van der Waals surface area contributed by atoms with E-state index in [1.54, 1.807) is 15.9 Å². The second kappa shape index (κ2) is 6.94. The first-order valence-corrected chi connectivity index (χ1v) is 9.00. The number of hydrogen-bond donors (Lipinski definition) is 1. The number of rotatable bonds is 3. The smallest absolute Gasteiger partial charge is 0.407 e. The Morgan fingerprint density at radius 3 is 2.42 bits per heavy atom. The molecule has 138 valence electrons. The van der Waals surface area contributed by atoms with E-state index in [1.807, 2.05) is 19.1 Å². The maximum atomic E-state index is 11.6. The van der Waals surface area contributed by atoms with Crippen molar-refractivity contribution in [1.29, 1.82) is 0 Å². The third-order valence-corrected chi connectivity index (χ3v) is 4.82. The highest BCUT2D eigenvalue weighted by atomic mass is 16.4. The fourth-order valence-corrected chi connectivity index (χ4v) is 3.33. The van der Waals surface area contributed by atoms with Gasteiger partial charge in [0.05, 0.1) is 6.04 Å². The largest absolute Gasteiger partial charge is 0.465 e. The summed E-state index contributed by atoms with van der Waals surface area (Å²) in [4.78, 5) is 17.4. The van der Waals surface area contributed by atoms with Crippen LogP contribution in [0.1, 0.15) is 39.7 Å². The standard InChI is InChI=1S/C20H26N4O2/c1-5-23-13-21-18(22-23)15-8-6-14(7-9-15)16-10-11-24(19(25)26)17(12-16)20(2,3)4/h6-9,12-13,17H,5,10-11H2,1-4H3,(H,25,26). The van der Waals surface area contributed by atoms with E-state index in [4.69, 9.17) is 0 Å². The summed E-state index contributed by atoms with van der Waals surface area (Å²) in [5, 5.41) is 13.9. The molecule has 3 rings (SSSR count). The molecule has 0 bridgehead atoms. The number of benzene rings is 1. The Balaban J connectivity index is 1.87. The Hall–Kier alpha value is -2.63. The molecule has 6 heteroatoms. The second-order valence-electron chi connectivity index (χ2n) is 7.73. The van der Waals surface area contributed by atoms with Crippen molar-refractivity contribution in [2.45, 2.75) is 46.7 Å². The lowest BCUT2D eigenvalue weighted by Gasteiger charge is -2.40. The minimum Gasteiger partial charge on any atom is -0.465 e. The van der Waals surface area contributed by atoms with E-state index in [-0.39, 0.29) is 11.5 Å². The first-order valence-electron chi connectivity index (χ1n) is 9.00. The van der Waals surface area contributed by atoms with Gasteiger partial charge in [0.15, 0.2) is 5.82 Å². The Morgan fingerprint density at radius 2 is 1.88 bits per heavy atom. The van der Waals surface area contributed by atoms with Gasteiger partial charge < -0.3 is 10.0 Å². The van der Waals surface area contributed by atoms with Crippen LogP contribution in [0.15, 0.2) is 36.7 Å². The van der Waals surface area contributed by atoms with Crippen LogP contribution in [0.3, 0.4) is 0 Å². The molecule has 1 atom stereocenters. The second-order valence-corrected chi connectivity index (χ2v) is 7.73. The van der Waals surface area contributed by atoms with Crippen molar-refractivity contribution in [2.24, 2.45) is 5.41 Å². The van der Waals surface area contributed by atoms with Gasteiger partial charge in [-0.25, -0.2) is 9.78 Å². The minimum atomic E-state index is -0.854. The molecule has 2 aromatic rings. The Labute approximate surface area is 154 Å². The molecule has 2 heterocycles. The van der Waals surface area contributed by atoms with Crippen molar-refractivity contribution in [3.63, 3.8) is 0 Å². The molecule has 26 heavy (non-hydrogen) atoms. The van der Waals surface area contributed by atoms with Gasteiger partial charge >= 0.3 is 6.09 Å². The van der Waals surface area contributed by atoms with Crippen molar-refractivity contribution in [2.75, 3.05) is 6.54 Å². The van der Waals surface area contributed by atoms with Crippen LogP contribution in [0.2, 0.25) is 0 Å². The lowest BCUT2D eigenvalue weighted by atomic mass is 9.81. The van der Waals surface area contributed by atoms with Gasteiger partial charge in [-0.15, -0.1) is 0 Å². The van der Waals surface area contributed by atoms with E-state index in [2.05, 4.69) is 49.1 Å². The predicted molar refractivity (Wildman–Crippen MR) is 102 cm³/mol. The van der Waals surface area contributed by atoms with Crippen LogP contribution in [-0.2, 0) is 6.54 Å². The summed E-state index contributed by atoms with van der Waals surface area (Å²) in [6.07, 6.45) is 3.71. The number of carbonyl (C=O) groups is 1. The monoisotopic (exact) mass is 354 g/mol. The predicted octanol–water partition coefficient (Wildman–Crippen LogP) is 4.15. The summed E-state index contributed by atoms with van der Waals surface area (Å²) in [5.74, 6) is 0.723. The highest BCUT2D eigenvalue weighted by molar-refractivity contribution is 5.73. The first kappa shape index (κ1) is 18.2. The summed E-state index contributed by atoms with van der Waals surface area (Å²) in [5.41, 5.74) is 3.15. The molecule has 1 aromatic heterocycles. The lowest BCUT2D eigenvalue weighted by molar-refractivity contribution is 0.100. The highest BCUT2D eigenvalue weighted by Crippen LogP contribution is 2.34. The number of aromatic nitrogens is 3. The lowest BCUT2D eigenvalue weighted by Crippen LogP contribution is -2.48. The summed E-state index contributed by atoms with van der Waals surface area (Å²) >= 11 is 0. The van der Waals surface area contributed by atoms with Gasteiger partial charge in [-0.1, -0.05) is 51.1 Å². The normalized spacial score (nSPS) is 17.9. The van der Waals surface area contributed by atoms with E-state index in [0.717, 1.165) is 29.9 Å². The van der Waals surface area contributed by atoms with E-state index < -0.39 is 6.09 Å². The van der Waals surface area contributed by atoms with Crippen LogP contribution in [0.25, 0.3) is 17.0 Å². The topological polar surface area (TPSA) is 71.2 Å². The van der Waals surface area contributed by atoms with Gasteiger partial charge in [-0.2, -0.15) is 5.10 Å². The first-order chi connectivity index (χ1) is 12.3. The fraction of sp³-hybridized carbons (Fsp3) is 0.450. The summed E-state index contributed by atoms with van der Waals surface area (Å²) < 4.78 is 1.81. The Morgan fingerprint density at radius 1 is 1.23 bits per heavy atom. The van der Waals surface area contributed by atoms with Gasteiger partial charge in [0, 0.05) is 18.7 Å². The quantitative estimate of drug-likeness (QED) is 0.899. The maximum Gasteiger partial charge on any atom is 0.407 e. The zero-order chi connectivity index (χ0) is 18.9. The molecule has 0 saturated carbocycles. The molecule has 6 nitrogen and oxygen atoms in total. The van der Waals surface area contributed by atoms with Gasteiger partial charge in [0.1, 0.15) is 6.33 Å². The Bertz CT molecular complexity index is 815. The average Bonchev–Trinajstić information content (AvgIpc) is 3.10. The number of hydrogen-bond acceptors (Lipinski definition) is 3. The van der Waals surface area contributed by atoms with E-state index in [0.29, 0.717) is 6.54 Å². The fourth-order valence-electron chi connectivity index (χ4n) is 3.33. The molecular formula is C20H26N4O2. The molecule has 1 N–H and O–H groups in total. The van der Waals surface area contributed by atoms with Gasteiger partial charge in [-0.3, -0.25) is 4.68 Å². The molecule has 1 amide bonds. The average molecular weight is 354 g/mol. The van der Waals surface area contributed by atoms with Gasteiger partial charge in [-0.05, 0) is 29.9 Å². The van der Waals surface area contributed by atoms with E-state index >= 15 is 0 Å². The number of amides is 1. The third-order valence-electron chi connectivity index (χ3n) is 4.82. The molecule has 1 aromatic carbocycles. The summed E-state index contributed by atoms with van der Waals surface area (Å²) in [6, 6.07) is 8.07. The van der Waals surface area contributed by atoms with Crippen LogP contribution in [-0.4, -0.2) is 43.5 Å². The van der Waals surface area contributed by atoms with Crippen molar-refractivity contribution < 1.29 is 9.90 Å². The highest BCUT2D eigenvalue weighted by Gasteiger charge is 2.34. The van der Waals surface area contributed by atoms with Crippen molar-refractivity contribution in [3.05, 3.63) is 42.2 Å². The van der Waals surface area contributed by atoms with Crippen LogP contribution < -0.4 is 0 Å². The molecule has 0 radical (unpaired) electrons. The van der Waals surface area contributed by atoms with Crippen LogP contribution in [0.4, 0.5) is 4.79 Å². The molecular weight excluding hydrogens is 328 g/mol. The number of aryl methyl sites for hydroxylation is 1. The SMILES string of the molecule is CCn1cnc(-c2ccc(C3=CC(C(C)(C)C)N(C(=O)O)CC3)cc2)n1. The summed E-state index contributed by atoms with van der Waals surface area (Å²) in [7, 11) is 0. The van der Waals surface area contributed by atoms with Crippen molar-refractivity contribution in [3.8, 4) is 11.4 Å². The van der Waals surface area contributed by atoms with Crippen molar-refractivity contribution in [1.82, 2.24) is 19.7 Å². The van der Waals surface area contributed by atoms with Crippen LogP contribution in [0.5, 0.6) is 0 Å². The molecule has 0 aliphatic carbocycles. The Kier molecular flexibility index (Phi) is 4.85. The zero-order valence-corrected chi connectivity index (χ0v) is 15.8. The molecule has 0 spiro atoms. The maximum absolute atomic E-state index is 11.6. The number of nitrogens with zero attached hydrogens (tertiary/aromatic N) is 4. The third kappa shape index (κ3) is 3.64. The van der Waals surface area contributed by atoms with Gasteiger partial charge in [0.2, 0.25) is 0 Å². The van der Waals surface area contributed by atoms with Crippen LogP contribution >= 0.6 is 0 Å². The number of carboxylic acid groups (broad SMARTS) is 1. The molecule has 1 unspecified atom stereocenters. The molecule has 0 fully saturated rings.